The Morgan fingerprint density at radius 1 is 1.00 bits per heavy atom. The summed E-state index contributed by atoms with van der Waals surface area (Å²) < 4.78 is 4.93. The maximum absolute atomic E-state index is 13.3. The maximum atomic E-state index is 13.3. The van der Waals surface area contributed by atoms with Crippen LogP contribution in [-0.4, -0.2) is 30.8 Å². The minimum Gasteiger partial charge on any atom is -0.467 e. The molecule has 0 aliphatic heterocycles. The molecule has 146 valence electrons. The van der Waals surface area contributed by atoms with Crippen LogP contribution in [-0.2, 0) is 19.1 Å². The summed E-state index contributed by atoms with van der Waals surface area (Å²) >= 11 is 0. The molecule has 1 saturated carbocycles. The Morgan fingerprint density at radius 3 is 2.07 bits per heavy atom. The van der Waals surface area contributed by atoms with E-state index in [2.05, 4.69) is 5.32 Å². The smallest absolute Gasteiger partial charge is 0.328 e. The Morgan fingerprint density at radius 2 is 1.57 bits per heavy atom. The zero-order chi connectivity index (χ0) is 19.9. The zero-order valence-corrected chi connectivity index (χ0v) is 16.0. The van der Waals surface area contributed by atoms with Crippen LogP contribution in [0.1, 0.15) is 42.7 Å². The number of ether oxygens (including phenoxy) is 1. The molecule has 0 spiro atoms. The number of esters is 1. The first-order valence-corrected chi connectivity index (χ1v) is 9.60. The van der Waals surface area contributed by atoms with Crippen molar-refractivity contribution in [2.24, 2.45) is 5.92 Å². The summed E-state index contributed by atoms with van der Waals surface area (Å²) in [4.78, 5) is 37.6. The molecule has 1 N–H and O–H groups in total. The third-order valence-corrected chi connectivity index (χ3v) is 5.27. The molecule has 2 atom stereocenters. The highest BCUT2D eigenvalue weighted by molar-refractivity contribution is 5.91. The molecule has 28 heavy (non-hydrogen) atoms. The van der Waals surface area contributed by atoms with E-state index < -0.39 is 17.9 Å². The van der Waals surface area contributed by atoms with Gasteiger partial charge in [0.1, 0.15) is 11.8 Å². The Kier molecular flexibility index (Phi) is 6.58. The molecule has 0 heterocycles. The van der Waals surface area contributed by atoms with Gasteiger partial charge in [0.15, 0.2) is 0 Å². The van der Waals surface area contributed by atoms with E-state index in [1.54, 1.807) is 0 Å². The van der Waals surface area contributed by atoms with Crippen molar-refractivity contribution in [3.63, 3.8) is 0 Å². The third kappa shape index (κ3) is 4.66. The van der Waals surface area contributed by atoms with Gasteiger partial charge in [0.25, 0.3) is 0 Å². The lowest BCUT2D eigenvalue weighted by Crippen LogP contribution is -2.49. The standard InChI is InChI=1S/C23H25NO4/c1-28-23(27)21(18-13-8-14-19(25)15-18)24-22(26)20(16-9-4-2-5-10-16)17-11-6-3-7-12-17/h2-7,9-12,18,20-21H,8,13-15H2,1H3,(H,24,26)/t18-,21-/m1/s1. The number of hydrogen-bond donors (Lipinski definition) is 1. The van der Waals surface area contributed by atoms with Gasteiger partial charge in [-0.1, -0.05) is 60.7 Å². The van der Waals surface area contributed by atoms with E-state index in [9.17, 15) is 14.4 Å². The molecule has 0 saturated heterocycles. The van der Waals surface area contributed by atoms with Crippen molar-refractivity contribution in [1.82, 2.24) is 5.32 Å². The van der Waals surface area contributed by atoms with Gasteiger partial charge in [0.2, 0.25) is 5.91 Å². The Bertz CT molecular complexity index is 780. The van der Waals surface area contributed by atoms with Crippen LogP contribution in [0.3, 0.4) is 0 Å². The minimum atomic E-state index is -0.823. The van der Waals surface area contributed by atoms with Crippen LogP contribution in [0.4, 0.5) is 0 Å². The summed E-state index contributed by atoms with van der Waals surface area (Å²) in [5.41, 5.74) is 1.68. The third-order valence-electron chi connectivity index (χ3n) is 5.27. The molecule has 5 nitrogen and oxygen atoms in total. The van der Waals surface area contributed by atoms with E-state index in [-0.39, 0.29) is 17.6 Å². The fourth-order valence-corrected chi connectivity index (χ4v) is 3.86. The van der Waals surface area contributed by atoms with Crippen LogP contribution in [0.5, 0.6) is 0 Å². The van der Waals surface area contributed by atoms with Gasteiger partial charge in [0, 0.05) is 12.8 Å². The van der Waals surface area contributed by atoms with Crippen LogP contribution < -0.4 is 5.32 Å². The number of hydrogen-bond acceptors (Lipinski definition) is 4. The average Bonchev–Trinajstić information content (AvgIpc) is 2.73. The second-order valence-corrected chi connectivity index (χ2v) is 7.16. The summed E-state index contributed by atoms with van der Waals surface area (Å²) in [5, 5.41) is 2.89. The van der Waals surface area contributed by atoms with Crippen molar-refractivity contribution in [2.45, 2.75) is 37.6 Å². The van der Waals surface area contributed by atoms with Crippen molar-refractivity contribution < 1.29 is 19.1 Å². The van der Waals surface area contributed by atoms with Crippen molar-refractivity contribution in [3.8, 4) is 0 Å². The first-order valence-electron chi connectivity index (χ1n) is 9.60. The van der Waals surface area contributed by atoms with E-state index >= 15 is 0 Å². The highest BCUT2D eigenvalue weighted by atomic mass is 16.5. The predicted molar refractivity (Wildman–Crippen MR) is 106 cm³/mol. The van der Waals surface area contributed by atoms with Crippen molar-refractivity contribution in [2.75, 3.05) is 7.11 Å². The normalized spacial score (nSPS) is 17.8. The van der Waals surface area contributed by atoms with E-state index in [0.29, 0.717) is 19.3 Å². The highest BCUT2D eigenvalue weighted by Crippen LogP contribution is 2.28. The van der Waals surface area contributed by atoms with Gasteiger partial charge in [-0.2, -0.15) is 0 Å². The SMILES string of the molecule is COC(=O)[C@H](NC(=O)C(c1ccccc1)c1ccccc1)[C@@H]1CCCC(=O)C1. The van der Waals surface area contributed by atoms with Crippen molar-refractivity contribution in [1.29, 1.82) is 0 Å². The number of rotatable bonds is 6. The lowest BCUT2D eigenvalue weighted by molar-refractivity contribution is -0.147. The quantitative estimate of drug-likeness (QED) is 0.782. The van der Waals surface area contributed by atoms with Gasteiger partial charge in [-0.25, -0.2) is 4.79 Å². The summed E-state index contributed by atoms with van der Waals surface area (Å²) in [7, 11) is 1.30. The van der Waals surface area contributed by atoms with Crippen LogP contribution >= 0.6 is 0 Å². The first kappa shape index (κ1) is 19.8. The zero-order valence-electron chi connectivity index (χ0n) is 16.0. The molecule has 5 heteroatoms. The van der Waals surface area contributed by atoms with Crippen LogP contribution in [0, 0.1) is 5.92 Å². The Labute approximate surface area is 165 Å². The van der Waals surface area contributed by atoms with E-state index in [1.165, 1.54) is 7.11 Å². The number of ketones is 1. The summed E-state index contributed by atoms with van der Waals surface area (Å²) in [6.07, 6.45) is 2.27. The van der Waals surface area contributed by atoms with E-state index in [1.807, 2.05) is 60.7 Å². The van der Waals surface area contributed by atoms with Crippen molar-refractivity contribution in [3.05, 3.63) is 71.8 Å². The molecule has 2 aromatic rings. The van der Waals surface area contributed by atoms with Gasteiger partial charge in [0.05, 0.1) is 13.0 Å². The number of benzene rings is 2. The Hall–Kier alpha value is -2.95. The number of carbonyl (C=O) groups is 3. The topological polar surface area (TPSA) is 72.5 Å². The lowest BCUT2D eigenvalue weighted by Gasteiger charge is -2.30. The van der Waals surface area contributed by atoms with Gasteiger partial charge in [-0.3, -0.25) is 9.59 Å². The molecule has 0 aromatic heterocycles. The molecular weight excluding hydrogens is 354 g/mol. The second-order valence-electron chi connectivity index (χ2n) is 7.16. The van der Waals surface area contributed by atoms with Gasteiger partial charge < -0.3 is 10.1 Å². The molecular formula is C23H25NO4. The van der Waals surface area contributed by atoms with Crippen LogP contribution in [0.2, 0.25) is 0 Å². The molecule has 1 fully saturated rings. The first-order chi connectivity index (χ1) is 13.6. The Balaban J connectivity index is 1.88. The average molecular weight is 379 g/mol. The van der Waals surface area contributed by atoms with Crippen LogP contribution in [0.25, 0.3) is 0 Å². The minimum absolute atomic E-state index is 0.127. The molecule has 1 aliphatic rings. The van der Waals surface area contributed by atoms with E-state index in [4.69, 9.17) is 4.74 Å². The fraction of sp³-hybridized carbons (Fsp3) is 0.348. The molecule has 0 radical (unpaired) electrons. The monoisotopic (exact) mass is 379 g/mol. The van der Waals surface area contributed by atoms with Gasteiger partial charge in [-0.05, 0) is 29.9 Å². The molecule has 1 aliphatic carbocycles. The molecule has 2 aromatic carbocycles. The number of nitrogens with one attached hydrogen (secondary N) is 1. The molecule has 3 rings (SSSR count). The number of Topliss-reactive ketones (excluding diaryl/α,β-unsaturated/α-hetero) is 1. The second kappa shape index (κ2) is 9.31. The van der Waals surface area contributed by atoms with Crippen molar-refractivity contribution >= 4 is 17.7 Å². The van der Waals surface area contributed by atoms with Crippen LogP contribution in [0.15, 0.2) is 60.7 Å². The number of methoxy groups -OCH3 is 1. The highest BCUT2D eigenvalue weighted by Gasteiger charge is 2.36. The largest absolute Gasteiger partial charge is 0.467 e. The molecule has 1 amide bonds. The molecule has 0 unspecified atom stereocenters. The van der Waals surface area contributed by atoms with Gasteiger partial charge >= 0.3 is 5.97 Å². The van der Waals surface area contributed by atoms with Gasteiger partial charge in [-0.15, -0.1) is 0 Å². The number of carbonyl (C=O) groups excluding carboxylic acids is 3. The predicted octanol–water partition coefficient (Wildman–Crippen LogP) is 3.24. The lowest BCUT2D eigenvalue weighted by atomic mass is 9.82. The van der Waals surface area contributed by atoms with E-state index in [0.717, 1.165) is 17.5 Å². The molecule has 0 bridgehead atoms. The summed E-state index contributed by atoms with van der Waals surface area (Å²) in [6.45, 7) is 0. The number of amides is 1. The summed E-state index contributed by atoms with van der Waals surface area (Å²) in [5.74, 6) is -1.43. The fourth-order valence-electron chi connectivity index (χ4n) is 3.86. The summed E-state index contributed by atoms with van der Waals surface area (Å²) in [6, 6.07) is 18.1. The maximum Gasteiger partial charge on any atom is 0.328 e.